The van der Waals surface area contributed by atoms with Crippen LogP contribution >= 0.6 is 11.6 Å². The number of carbonyl (C=O) groups is 2. The van der Waals surface area contributed by atoms with Crippen molar-refractivity contribution in [3.63, 3.8) is 0 Å². The summed E-state index contributed by atoms with van der Waals surface area (Å²) in [5.41, 5.74) is 3.46. The summed E-state index contributed by atoms with van der Waals surface area (Å²) in [7, 11) is 0. The van der Waals surface area contributed by atoms with Gasteiger partial charge in [0.05, 0.1) is 16.8 Å². The minimum Gasteiger partial charge on any atom is -0.352 e. The standard InChI is InChI=1S/C21H22ClN5O3/c22-14-9-10-17-16(12-14)20(25-13-24-17)26-18-7-4-3-6-15(18)21(29)23-11-5-1-2-8-19(28)27-30/h3-4,6-7,9-10,12-13,30H,1-2,5,8,11H2,(H,23,29)(H,27,28)(H,24,25,26). The second-order valence-electron chi connectivity index (χ2n) is 6.66. The van der Waals surface area contributed by atoms with Crippen molar-refractivity contribution in [3.05, 3.63) is 59.4 Å². The van der Waals surface area contributed by atoms with E-state index in [9.17, 15) is 9.59 Å². The molecule has 4 N–H and O–H groups in total. The van der Waals surface area contributed by atoms with Gasteiger partial charge in [-0.3, -0.25) is 14.8 Å². The lowest BCUT2D eigenvalue weighted by Crippen LogP contribution is -2.25. The molecule has 0 atom stereocenters. The van der Waals surface area contributed by atoms with Gasteiger partial charge < -0.3 is 10.6 Å². The summed E-state index contributed by atoms with van der Waals surface area (Å²) < 4.78 is 0. The number of rotatable bonds is 9. The number of fused-ring (bicyclic) bond motifs is 1. The average molecular weight is 428 g/mol. The van der Waals surface area contributed by atoms with Crippen LogP contribution in [0, 0.1) is 0 Å². The average Bonchev–Trinajstić information content (AvgIpc) is 2.76. The molecule has 2 aromatic carbocycles. The van der Waals surface area contributed by atoms with E-state index < -0.39 is 5.91 Å². The zero-order chi connectivity index (χ0) is 21.3. The van der Waals surface area contributed by atoms with Gasteiger partial charge in [0.15, 0.2) is 0 Å². The van der Waals surface area contributed by atoms with Gasteiger partial charge in [-0.2, -0.15) is 0 Å². The Bertz CT molecular complexity index is 1040. The summed E-state index contributed by atoms with van der Waals surface area (Å²) in [4.78, 5) is 32.2. The largest absolute Gasteiger partial charge is 0.352 e. The number of hydrogen-bond donors (Lipinski definition) is 4. The van der Waals surface area contributed by atoms with Crippen molar-refractivity contribution in [3.8, 4) is 0 Å². The van der Waals surface area contributed by atoms with Crippen LogP contribution in [-0.4, -0.2) is 33.5 Å². The molecular formula is C21H22ClN5O3. The van der Waals surface area contributed by atoms with Crippen LogP contribution in [0.3, 0.4) is 0 Å². The number of anilines is 2. The lowest BCUT2D eigenvalue weighted by molar-refractivity contribution is -0.129. The number of nitrogens with one attached hydrogen (secondary N) is 3. The van der Waals surface area contributed by atoms with Crippen molar-refractivity contribution in [1.29, 1.82) is 0 Å². The van der Waals surface area contributed by atoms with Crippen molar-refractivity contribution in [1.82, 2.24) is 20.8 Å². The highest BCUT2D eigenvalue weighted by atomic mass is 35.5. The highest BCUT2D eigenvalue weighted by Crippen LogP contribution is 2.27. The Balaban J connectivity index is 1.64. The van der Waals surface area contributed by atoms with E-state index in [1.807, 2.05) is 12.1 Å². The van der Waals surface area contributed by atoms with E-state index in [-0.39, 0.29) is 12.3 Å². The van der Waals surface area contributed by atoms with Gasteiger partial charge in [-0.1, -0.05) is 30.2 Å². The first-order valence-electron chi connectivity index (χ1n) is 9.56. The number of nitrogens with zero attached hydrogens (tertiary/aromatic N) is 2. The fourth-order valence-electron chi connectivity index (χ4n) is 2.99. The van der Waals surface area contributed by atoms with Crippen molar-refractivity contribution in [2.75, 3.05) is 11.9 Å². The molecule has 3 rings (SSSR count). The number of para-hydroxylation sites is 1. The van der Waals surface area contributed by atoms with E-state index in [2.05, 4.69) is 20.6 Å². The first-order valence-corrected chi connectivity index (χ1v) is 9.93. The van der Waals surface area contributed by atoms with E-state index in [1.54, 1.807) is 35.8 Å². The number of amides is 2. The lowest BCUT2D eigenvalue weighted by Gasteiger charge is -2.13. The number of aromatic nitrogens is 2. The highest BCUT2D eigenvalue weighted by Gasteiger charge is 2.13. The van der Waals surface area contributed by atoms with Crippen LogP contribution in [-0.2, 0) is 4.79 Å². The molecule has 0 aliphatic heterocycles. The quantitative estimate of drug-likeness (QED) is 0.234. The number of hydroxylamine groups is 1. The molecule has 1 heterocycles. The minimum atomic E-state index is -0.405. The Labute approximate surface area is 178 Å². The molecule has 0 saturated carbocycles. The number of halogens is 1. The molecule has 9 heteroatoms. The maximum atomic E-state index is 12.7. The summed E-state index contributed by atoms with van der Waals surface area (Å²) in [5.74, 6) is -0.0509. The van der Waals surface area contributed by atoms with Crippen LogP contribution in [0.5, 0.6) is 0 Å². The summed E-state index contributed by atoms with van der Waals surface area (Å²) in [5, 5.41) is 15.9. The zero-order valence-electron chi connectivity index (χ0n) is 16.2. The molecular weight excluding hydrogens is 406 g/mol. The third-order valence-electron chi connectivity index (χ3n) is 4.51. The SMILES string of the molecule is O=C(CCCCCNC(=O)c1ccccc1Nc1ncnc2ccc(Cl)cc12)NO. The second kappa shape index (κ2) is 10.5. The number of benzene rings is 2. The maximum Gasteiger partial charge on any atom is 0.253 e. The Kier molecular flexibility index (Phi) is 7.53. The fourth-order valence-corrected chi connectivity index (χ4v) is 3.16. The topological polar surface area (TPSA) is 116 Å². The Morgan fingerprint density at radius 2 is 1.87 bits per heavy atom. The first-order chi connectivity index (χ1) is 14.6. The van der Waals surface area contributed by atoms with E-state index >= 15 is 0 Å². The van der Waals surface area contributed by atoms with Gasteiger partial charge in [0.2, 0.25) is 5.91 Å². The van der Waals surface area contributed by atoms with E-state index in [0.717, 1.165) is 23.7 Å². The summed E-state index contributed by atoms with van der Waals surface area (Å²) in [6.45, 7) is 0.486. The molecule has 0 radical (unpaired) electrons. The molecule has 0 unspecified atom stereocenters. The van der Waals surface area contributed by atoms with Gasteiger partial charge in [0.1, 0.15) is 12.1 Å². The van der Waals surface area contributed by atoms with Crippen LogP contribution in [0.1, 0.15) is 36.0 Å². The van der Waals surface area contributed by atoms with Crippen molar-refractivity contribution >= 4 is 45.8 Å². The zero-order valence-corrected chi connectivity index (χ0v) is 16.9. The van der Waals surface area contributed by atoms with Crippen LogP contribution in [0.25, 0.3) is 10.9 Å². The van der Waals surface area contributed by atoms with Gasteiger partial charge in [-0.25, -0.2) is 15.4 Å². The molecule has 156 valence electrons. The molecule has 8 nitrogen and oxygen atoms in total. The number of hydrogen-bond acceptors (Lipinski definition) is 6. The molecule has 0 saturated heterocycles. The molecule has 1 aromatic heterocycles. The fraction of sp³-hybridized carbons (Fsp3) is 0.238. The van der Waals surface area contributed by atoms with Gasteiger partial charge in [-0.05, 0) is 43.2 Å². The van der Waals surface area contributed by atoms with Gasteiger partial charge >= 0.3 is 0 Å². The maximum absolute atomic E-state index is 12.7. The summed E-state index contributed by atoms with van der Waals surface area (Å²) in [6.07, 6.45) is 3.85. The Morgan fingerprint density at radius 3 is 2.70 bits per heavy atom. The van der Waals surface area contributed by atoms with Crippen molar-refractivity contribution < 1.29 is 14.8 Å². The molecule has 0 bridgehead atoms. The van der Waals surface area contributed by atoms with Crippen LogP contribution < -0.4 is 16.1 Å². The molecule has 0 aliphatic rings. The van der Waals surface area contributed by atoms with E-state index in [1.165, 1.54) is 6.33 Å². The van der Waals surface area contributed by atoms with Gasteiger partial charge in [0, 0.05) is 23.4 Å². The third kappa shape index (κ3) is 5.65. The van der Waals surface area contributed by atoms with Crippen molar-refractivity contribution in [2.24, 2.45) is 0 Å². The predicted octanol–water partition coefficient (Wildman–Crippen LogP) is 3.82. The molecule has 30 heavy (non-hydrogen) atoms. The first kappa shape index (κ1) is 21.5. The Hall–Kier alpha value is -3.23. The third-order valence-corrected chi connectivity index (χ3v) is 4.75. The van der Waals surface area contributed by atoms with Crippen molar-refractivity contribution in [2.45, 2.75) is 25.7 Å². The molecule has 0 aliphatic carbocycles. The number of carbonyl (C=O) groups excluding carboxylic acids is 2. The second-order valence-corrected chi connectivity index (χ2v) is 7.09. The molecule has 3 aromatic rings. The minimum absolute atomic E-state index is 0.206. The highest BCUT2D eigenvalue weighted by molar-refractivity contribution is 6.31. The Morgan fingerprint density at radius 1 is 1.03 bits per heavy atom. The monoisotopic (exact) mass is 427 g/mol. The molecule has 0 spiro atoms. The molecule has 0 fully saturated rings. The van der Waals surface area contributed by atoms with Crippen LogP contribution in [0.2, 0.25) is 5.02 Å². The predicted molar refractivity (Wildman–Crippen MR) is 115 cm³/mol. The lowest BCUT2D eigenvalue weighted by atomic mass is 10.1. The van der Waals surface area contributed by atoms with E-state index in [0.29, 0.717) is 35.1 Å². The summed E-state index contributed by atoms with van der Waals surface area (Å²) in [6, 6.07) is 12.5. The van der Waals surface area contributed by atoms with E-state index in [4.69, 9.17) is 16.8 Å². The molecule has 2 amide bonds. The van der Waals surface area contributed by atoms with Gasteiger partial charge in [-0.15, -0.1) is 0 Å². The normalized spacial score (nSPS) is 10.6. The number of unbranched alkanes of at least 4 members (excludes halogenated alkanes) is 2. The summed E-state index contributed by atoms with van der Waals surface area (Å²) >= 11 is 6.11. The van der Waals surface area contributed by atoms with Crippen LogP contribution in [0.4, 0.5) is 11.5 Å². The van der Waals surface area contributed by atoms with Gasteiger partial charge in [0.25, 0.3) is 5.91 Å². The smallest absolute Gasteiger partial charge is 0.253 e. The van der Waals surface area contributed by atoms with Crippen LogP contribution in [0.15, 0.2) is 48.8 Å².